The molecule has 0 spiro atoms. The second-order valence-electron chi connectivity index (χ2n) is 3.99. The maximum atomic E-state index is 12.1. The molecule has 0 aliphatic rings. The molecule has 0 bridgehead atoms. The summed E-state index contributed by atoms with van der Waals surface area (Å²) in [6, 6.07) is 8.40. The van der Waals surface area contributed by atoms with E-state index in [1.165, 1.54) is 6.26 Å². The normalized spacial score (nSPS) is 11.6. The highest BCUT2D eigenvalue weighted by atomic mass is 32.2. The van der Waals surface area contributed by atoms with Crippen LogP contribution >= 0.6 is 0 Å². The van der Waals surface area contributed by atoms with E-state index < -0.39 is 10.0 Å². The first-order valence-electron chi connectivity index (χ1n) is 5.74. The highest BCUT2D eigenvalue weighted by Crippen LogP contribution is 2.12. The zero-order valence-electron chi connectivity index (χ0n) is 10.5. The van der Waals surface area contributed by atoms with Crippen molar-refractivity contribution in [2.75, 3.05) is 7.05 Å². The summed E-state index contributed by atoms with van der Waals surface area (Å²) < 4.78 is 31.3. The first-order chi connectivity index (χ1) is 9.12. The zero-order chi connectivity index (χ0) is 13.7. The van der Waals surface area contributed by atoms with Gasteiger partial charge in [0.05, 0.1) is 17.1 Å². The average Bonchev–Trinajstić information content (AvgIpc) is 2.90. The van der Waals surface area contributed by atoms with Crippen molar-refractivity contribution in [2.45, 2.75) is 18.0 Å². The van der Waals surface area contributed by atoms with Gasteiger partial charge in [-0.05, 0) is 24.7 Å². The van der Waals surface area contributed by atoms with Gasteiger partial charge >= 0.3 is 0 Å². The summed E-state index contributed by atoms with van der Waals surface area (Å²) in [5, 5.41) is 6.63. The summed E-state index contributed by atoms with van der Waals surface area (Å²) in [4.78, 5) is 0.240. The molecule has 2 aromatic rings. The number of hydrogen-bond donors (Lipinski definition) is 2. The third kappa shape index (κ3) is 3.63. The monoisotopic (exact) mass is 281 g/mol. The topological polar surface area (TPSA) is 84.2 Å². The number of hydrogen-bond acceptors (Lipinski definition) is 5. The van der Waals surface area contributed by atoms with Crippen molar-refractivity contribution in [1.29, 1.82) is 0 Å². The average molecular weight is 281 g/mol. The van der Waals surface area contributed by atoms with Gasteiger partial charge in [0.2, 0.25) is 10.0 Å². The molecule has 0 saturated carbocycles. The Labute approximate surface area is 111 Å². The minimum absolute atomic E-state index is 0.106. The largest absolute Gasteiger partial charge is 0.364 e. The van der Waals surface area contributed by atoms with E-state index in [0.717, 1.165) is 5.56 Å². The lowest BCUT2D eigenvalue weighted by molar-refractivity contribution is 0.411. The Morgan fingerprint density at radius 2 is 2.11 bits per heavy atom. The van der Waals surface area contributed by atoms with Crippen LogP contribution in [0.25, 0.3) is 0 Å². The molecule has 0 atom stereocenters. The van der Waals surface area contributed by atoms with Crippen molar-refractivity contribution < 1.29 is 12.9 Å². The van der Waals surface area contributed by atoms with Gasteiger partial charge < -0.3 is 9.84 Å². The van der Waals surface area contributed by atoms with Crippen LogP contribution in [-0.4, -0.2) is 20.6 Å². The van der Waals surface area contributed by atoms with E-state index in [1.54, 1.807) is 24.3 Å². The molecule has 19 heavy (non-hydrogen) atoms. The molecule has 1 aromatic heterocycles. The second-order valence-corrected chi connectivity index (χ2v) is 5.76. The predicted octanol–water partition coefficient (Wildman–Crippen LogP) is 0.872. The van der Waals surface area contributed by atoms with Crippen LogP contribution in [0.1, 0.15) is 11.3 Å². The number of nitrogens with zero attached hydrogens (tertiary/aromatic N) is 1. The molecule has 2 rings (SSSR count). The fourth-order valence-electron chi connectivity index (χ4n) is 1.61. The van der Waals surface area contributed by atoms with E-state index >= 15 is 0 Å². The summed E-state index contributed by atoms with van der Waals surface area (Å²) in [6.45, 7) is 0.724. The smallest absolute Gasteiger partial charge is 0.240 e. The van der Waals surface area contributed by atoms with Crippen LogP contribution in [0, 0.1) is 0 Å². The Bertz CT molecular complexity index is 623. The van der Waals surface area contributed by atoms with Gasteiger partial charge in [-0.3, -0.25) is 0 Å². The zero-order valence-corrected chi connectivity index (χ0v) is 11.3. The quantitative estimate of drug-likeness (QED) is 0.821. The van der Waals surface area contributed by atoms with Crippen LogP contribution in [0.2, 0.25) is 0 Å². The van der Waals surface area contributed by atoms with Crippen molar-refractivity contribution in [3.05, 3.63) is 47.9 Å². The molecule has 2 N–H and O–H groups in total. The fourth-order valence-corrected chi connectivity index (χ4v) is 2.68. The second kappa shape index (κ2) is 5.96. The molecule has 0 aliphatic carbocycles. The van der Waals surface area contributed by atoms with E-state index in [2.05, 4.69) is 19.7 Å². The molecule has 0 aliphatic heterocycles. The Kier molecular flexibility index (Phi) is 4.31. The first kappa shape index (κ1) is 13.7. The molecule has 0 radical (unpaired) electrons. The molecule has 1 aromatic carbocycles. The summed E-state index contributed by atoms with van der Waals surface area (Å²) in [5.74, 6) is 0. The van der Waals surface area contributed by atoms with Crippen LogP contribution < -0.4 is 10.0 Å². The Hall–Kier alpha value is -1.70. The molecule has 6 nitrogen and oxygen atoms in total. The van der Waals surface area contributed by atoms with Gasteiger partial charge in [0, 0.05) is 12.6 Å². The predicted molar refractivity (Wildman–Crippen MR) is 69.7 cm³/mol. The van der Waals surface area contributed by atoms with Crippen LogP contribution in [-0.2, 0) is 23.1 Å². The maximum absolute atomic E-state index is 12.1. The molecule has 0 unspecified atom stereocenters. The lowest BCUT2D eigenvalue weighted by atomic mass is 10.2. The minimum atomic E-state index is -3.54. The maximum Gasteiger partial charge on any atom is 0.240 e. The highest BCUT2D eigenvalue weighted by Gasteiger charge is 2.14. The van der Waals surface area contributed by atoms with Crippen LogP contribution in [0.15, 0.2) is 46.0 Å². The lowest BCUT2D eigenvalue weighted by Gasteiger charge is -2.07. The minimum Gasteiger partial charge on any atom is -0.364 e. The Morgan fingerprint density at radius 1 is 1.26 bits per heavy atom. The molecule has 1 heterocycles. The summed E-state index contributed by atoms with van der Waals surface area (Å²) in [7, 11) is -1.73. The fraction of sp³-hybridized carbons (Fsp3) is 0.250. The summed E-state index contributed by atoms with van der Waals surface area (Å²) >= 11 is 0. The molecule has 7 heteroatoms. The van der Waals surface area contributed by atoms with Crippen molar-refractivity contribution in [3.63, 3.8) is 0 Å². The number of nitrogens with one attached hydrogen (secondary N) is 2. The third-order valence-electron chi connectivity index (χ3n) is 2.52. The lowest BCUT2D eigenvalue weighted by Crippen LogP contribution is -2.23. The van der Waals surface area contributed by atoms with Crippen molar-refractivity contribution in [1.82, 2.24) is 15.2 Å². The van der Waals surface area contributed by atoms with Gasteiger partial charge in [0.1, 0.15) is 6.26 Å². The number of rotatable bonds is 6. The molecule has 0 amide bonds. The highest BCUT2D eigenvalue weighted by molar-refractivity contribution is 7.89. The van der Waals surface area contributed by atoms with Gasteiger partial charge in [-0.1, -0.05) is 17.3 Å². The molecule has 0 fully saturated rings. The molecular weight excluding hydrogens is 266 g/mol. The van der Waals surface area contributed by atoms with E-state index in [0.29, 0.717) is 12.2 Å². The van der Waals surface area contributed by atoms with Crippen LogP contribution in [0.3, 0.4) is 0 Å². The van der Waals surface area contributed by atoms with Crippen LogP contribution in [0.4, 0.5) is 0 Å². The van der Waals surface area contributed by atoms with Gasteiger partial charge in [-0.15, -0.1) is 0 Å². The SMILES string of the molecule is CNCc1cccc(S(=O)(=O)NCc2ccon2)c1. The van der Waals surface area contributed by atoms with Crippen LogP contribution in [0.5, 0.6) is 0 Å². The Balaban J connectivity index is 2.12. The molecular formula is C12H15N3O3S. The van der Waals surface area contributed by atoms with Gasteiger partial charge in [-0.2, -0.15) is 0 Å². The number of sulfonamides is 1. The van der Waals surface area contributed by atoms with Gasteiger partial charge in [0.25, 0.3) is 0 Å². The Morgan fingerprint density at radius 3 is 2.79 bits per heavy atom. The number of aromatic nitrogens is 1. The standard InChI is InChI=1S/C12H15N3O3S/c1-13-8-10-3-2-4-12(7-10)19(16,17)14-9-11-5-6-18-15-11/h2-7,13-14H,8-9H2,1H3. The van der Waals surface area contributed by atoms with E-state index in [-0.39, 0.29) is 11.4 Å². The van der Waals surface area contributed by atoms with E-state index in [4.69, 9.17) is 0 Å². The number of benzene rings is 1. The van der Waals surface area contributed by atoms with Crippen molar-refractivity contribution in [2.24, 2.45) is 0 Å². The van der Waals surface area contributed by atoms with E-state index in [1.807, 2.05) is 13.1 Å². The van der Waals surface area contributed by atoms with Crippen molar-refractivity contribution in [3.8, 4) is 0 Å². The van der Waals surface area contributed by atoms with Gasteiger partial charge in [-0.25, -0.2) is 13.1 Å². The first-order valence-corrected chi connectivity index (χ1v) is 7.22. The van der Waals surface area contributed by atoms with E-state index in [9.17, 15) is 8.42 Å². The summed E-state index contributed by atoms with van der Waals surface area (Å²) in [6.07, 6.45) is 1.40. The van der Waals surface area contributed by atoms with Crippen molar-refractivity contribution >= 4 is 10.0 Å². The van der Waals surface area contributed by atoms with Gasteiger partial charge in [0.15, 0.2) is 0 Å². The molecule has 0 saturated heterocycles. The summed E-state index contributed by atoms with van der Waals surface area (Å²) in [5.41, 5.74) is 1.45. The molecule has 102 valence electrons. The third-order valence-corrected chi connectivity index (χ3v) is 3.92.